The number of aromatic hydroxyl groups is 1. The molecule has 0 heterocycles. The van der Waals surface area contributed by atoms with Crippen LogP contribution in [0.2, 0.25) is 0 Å². The van der Waals surface area contributed by atoms with Gasteiger partial charge in [0, 0.05) is 5.54 Å². The van der Waals surface area contributed by atoms with Crippen LogP contribution in [0.5, 0.6) is 5.75 Å². The molecule has 10 nitrogen and oxygen atoms in total. The first kappa shape index (κ1) is 31.7. The van der Waals surface area contributed by atoms with Gasteiger partial charge in [-0.1, -0.05) is 32.9 Å². The van der Waals surface area contributed by atoms with E-state index in [1.54, 1.807) is 32.9 Å². The predicted octanol–water partition coefficient (Wildman–Crippen LogP) is 3.68. The van der Waals surface area contributed by atoms with Gasteiger partial charge < -0.3 is 30.1 Å². The van der Waals surface area contributed by atoms with Gasteiger partial charge in [0.05, 0.1) is 7.11 Å². The van der Waals surface area contributed by atoms with E-state index in [2.05, 4.69) is 15.4 Å². The zero-order chi connectivity index (χ0) is 28.6. The van der Waals surface area contributed by atoms with Gasteiger partial charge in [-0.3, -0.25) is 14.4 Å². The van der Waals surface area contributed by atoms with E-state index in [9.17, 15) is 24.3 Å². The van der Waals surface area contributed by atoms with Crippen molar-refractivity contribution in [3.05, 3.63) is 29.8 Å². The third kappa shape index (κ3) is 9.93. The summed E-state index contributed by atoms with van der Waals surface area (Å²) in [7, 11) is 1.20. The summed E-state index contributed by atoms with van der Waals surface area (Å²) in [5.74, 6) is -1.84. The van der Waals surface area contributed by atoms with Gasteiger partial charge in [-0.25, -0.2) is 4.79 Å². The predicted molar refractivity (Wildman–Crippen MR) is 140 cm³/mol. The minimum Gasteiger partial charge on any atom is -0.508 e. The van der Waals surface area contributed by atoms with Crippen LogP contribution in [-0.2, 0) is 23.9 Å². The van der Waals surface area contributed by atoms with Crippen molar-refractivity contribution < 1.29 is 33.8 Å². The molecule has 1 aromatic carbocycles. The monoisotopic (exact) mass is 521 g/mol. The lowest BCUT2D eigenvalue weighted by Crippen LogP contribution is -2.59. The van der Waals surface area contributed by atoms with Crippen LogP contribution in [0.4, 0.5) is 4.79 Å². The van der Waals surface area contributed by atoms with E-state index in [1.807, 2.05) is 34.6 Å². The molecule has 208 valence electrons. The summed E-state index contributed by atoms with van der Waals surface area (Å²) in [5.41, 5.74) is -1.28. The number of methoxy groups -OCH3 is 1. The van der Waals surface area contributed by atoms with Crippen molar-refractivity contribution in [1.29, 1.82) is 0 Å². The zero-order valence-electron chi connectivity index (χ0n) is 23.5. The van der Waals surface area contributed by atoms with Gasteiger partial charge in [-0.15, -0.1) is 0 Å². The molecule has 10 heteroatoms. The van der Waals surface area contributed by atoms with Gasteiger partial charge in [0.15, 0.2) is 0 Å². The summed E-state index contributed by atoms with van der Waals surface area (Å²) < 4.78 is 10.0. The fraction of sp³-hybridized carbons (Fsp3) is 0.630. The summed E-state index contributed by atoms with van der Waals surface area (Å²) in [4.78, 5) is 53.5. The molecule has 0 radical (unpaired) electrons. The van der Waals surface area contributed by atoms with Crippen molar-refractivity contribution in [3.8, 4) is 5.75 Å². The normalized spacial score (nSPS) is 13.4. The molecule has 0 saturated heterocycles. The molecule has 0 aliphatic rings. The number of esters is 1. The van der Waals surface area contributed by atoms with Gasteiger partial charge in [-0.2, -0.15) is 0 Å². The second-order valence-corrected chi connectivity index (χ2v) is 11.0. The van der Waals surface area contributed by atoms with E-state index in [4.69, 9.17) is 4.74 Å². The number of nitrogens with one attached hydrogen (secondary N) is 2. The summed E-state index contributed by atoms with van der Waals surface area (Å²) in [6.07, 6.45) is 0.0224. The number of phenols is 1. The maximum absolute atomic E-state index is 14.2. The molecule has 0 spiro atoms. The molecule has 1 aromatic rings. The number of benzene rings is 1. The molecule has 0 fully saturated rings. The molecular formula is C27H43N3O7. The Hall–Kier alpha value is -3.30. The molecule has 0 aliphatic carbocycles. The number of hydrogen-bond donors (Lipinski definition) is 3. The van der Waals surface area contributed by atoms with E-state index >= 15 is 0 Å². The highest BCUT2D eigenvalue weighted by molar-refractivity contribution is 5.93. The zero-order valence-corrected chi connectivity index (χ0v) is 23.5. The summed E-state index contributed by atoms with van der Waals surface area (Å²) in [6, 6.07) is 3.83. The number of rotatable bonds is 11. The van der Waals surface area contributed by atoms with E-state index in [-0.39, 0.29) is 11.7 Å². The van der Waals surface area contributed by atoms with E-state index in [0.29, 0.717) is 18.4 Å². The quantitative estimate of drug-likeness (QED) is 0.378. The van der Waals surface area contributed by atoms with Crippen molar-refractivity contribution in [2.24, 2.45) is 5.92 Å². The van der Waals surface area contributed by atoms with Crippen LogP contribution in [0.25, 0.3) is 0 Å². The van der Waals surface area contributed by atoms with Gasteiger partial charge in [0.25, 0.3) is 0 Å². The average Bonchev–Trinajstić information content (AvgIpc) is 2.78. The Balaban J connectivity index is 3.62. The third-order valence-corrected chi connectivity index (χ3v) is 5.78. The molecular weight excluding hydrogens is 478 g/mol. The summed E-state index contributed by atoms with van der Waals surface area (Å²) in [6.45, 7) is 14.1. The van der Waals surface area contributed by atoms with Gasteiger partial charge >= 0.3 is 12.1 Å². The van der Waals surface area contributed by atoms with E-state index in [1.165, 1.54) is 24.1 Å². The van der Waals surface area contributed by atoms with E-state index in [0.717, 1.165) is 0 Å². The number of amides is 3. The first-order valence-electron chi connectivity index (χ1n) is 12.5. The van der Waals surface area contributed by atoms with Crippen LogP contribution in [0, 0.1) is 5.92 Å². The Morgan fingerprint density at radius 3 is 2.19 bits per heavy atom. The molecule has 0 aliphatic heterocycles. The van der Waals surface area contributed by atoms with Crippen molar-refractivity contribution in [1.82, 2.24) is 15.5 Å². The van der Waals surface area contributed by atoms with Crippen LogP contribution in [0.15, 0.2) is 24.3 Å². The number of carbonyl (C=O) groups is 4. The Morgan fingerprint density at radius 1 is 1.08 bits per heavy atom. The van der Waals surface area contributed by atoms with Crippen molar-refractivity contribution >= 4 is 23.9 Å². The maximum Gasteiger partial charge on any atom is 0.408 e. The summed E-state index contributed by atoms with van der Waals surface area (Å²) in [5, 5.41) is 15.4. The number of alkyl carbamates (subject to hydrolysis) is 1. The van der Waals surface area contributed by atoms with Crippen molar-refractivity contribution in [2.45, 2.75) is 91.5 Å². The molecule has 2 atom stereocenters. The maximum atomic E-state index is 14.2. The van der Waals surface area contributed by atoms with Crippen molar-refractivity contribution in [3.63, 3.8) is 0 Å². The molecule has 3 amide bonds. The SMILES string of the molecule is CCC(C)(C)N(C(=O)C(CC(C)C)NC(=O)OC(C)(C)C)C(C(=O)NCC(=O)OC)c1cccc(O)c1. The lowest BCUT2D eigenvalue weighted by Gasteiger charge is -2.44. The average molecular weight is 522 g/mol. The highest BCUT2D eigenvalue weighted by Crippen LogP contribution is 2.34. The second-order valence-electron chi connectivity index (χ2n) is 11.0. The number of phenolic OH excluding ortho intramolecular Hbond substituents is 1. The highest BCUT2D eigenvalue weighted by Gasteiger charge is 2.43. The topological polar surface area (TPSA) is 134 Å². The Morgan fingerprint density at radius 2 is 1.70 bits per heavy atom. The van der Waals surface area contributed by atoms with Gasteiger partial charge in [0.1, 0.15) is 30.0 Å². The van der Waals surface area contributed by atoms with Crippen LogP contribution in [-0.4, -0.2) is 64.7 Å². The number of ether oxygens (including phenoxy) is 2. The van der Waals surface area contributed by atoms with Gasteiger partial charge in [0.2, 0.25) is 11.8 Å². The number of hydrogen-bond acceptors (Lipinski definition) is 7. The fourth-order valence-corrected chi connectivity index (χ4v) is 3.70. The lowest BCUT2D eigenvalue weighted by atomic mass is 9.90. The van der Waals surface area contributed by atoms with Crippen LogP contribution in [0.3, 0.4) is 0 Å². The van der Waals surface area contributed by atoms with Crippen LogP contribution >= 0.6 is 0 Å². The molecule has 1 rings (SSSR count). The number of carbonyl (C=O) groups excluding carboxylic acids is 4. The fourth-order valence-electron chi connectivity index (χ4n) is 3.70. The summed E-state index contributed by atoms with van der Waals surface area (Å²) >= 11 is 0. The minimum atomic E-state index is -1.21. The van der Waals surface area contributed by atoms with Crippen LogP contribution < -0.4 is 10.6 Å². The Kier molecular flexibility index (Phi) is 11.4. The molecule has 37 heavy (non-hydrogen) atoms. The molecule has 3 N–H and O–H groups in total. The second kappa shape index (κ2) is 13.3. The van der Waals surface area contributed by atoms with E-state index < -0.39 is 53.6 Å². The smallest absolute Gasteiger partial charge is 0.408 e. The van der Waals surface area contributed by atoms with Crippen LogP contribution in [0.1, 0.15) is 79.8 Å². The third-order valence-electron chi connectivity index (χ3n) is 5.78. The molecule has 0 bridgehead atoms. The highest BCUT2D eigenvalue weighted by atomic mass is 16.6. The molecule has 0 aromatic heterocycles. The first-order chi connectivity index (χ1) is 17.0. The lowest BCUT2D eigenvalue weighted by molar-refractivity contribution is -0.150. The Labute approximate surface area is 220 Å². The molecule has 2 unspecified atom stereocenters. The first-order valence-corrected chi connectivity index (χ1v) is 12.5. The number of nitrogens with zero attached hydrogens (tertiary/aromatic N) is 1. The Bertz CT molecular complexity index is 954. The minimum absolute atomic E-state index is 0.0304. The largest absolute Gasteiger partial charge is 0.508 e. The van der Waals surface area contributed by atoms with Gasteiger partial charge in [-0.05, 0) is 71.1 Å². The molecule has 0 saturated carbocycles. The standard InChI is InChI=1S/C27H43N3O7/c1-10-27(7,8)30(24(34)20(14-17(2)3)29-25(35)37-26(4,5)6)22(18-12-11-13-19(31)15-18)23(33)28-16-21(32)36-9/h11-13,15,17,20,22,31H,10,14,16H2,1-9H3,(H,28,33)(H,29,35). The van der Waals surface area contributed by atoms with Crippen molar-refractivity contribution in [2.75, 3.05) is 13.7 Å².